The summed E-state index contributed by atoms with van der Waals surface area (Å²) in [4.78, 5) is 15.8. The summed E-state index contributed by atoms with van der Waals surface area (Å²) >= 11 is 5.19. The van der Waals surface area contributed by atoms with Gasteiger partial charge in [0.2, 0.25) is 10.0 Å². The Balaban J connectivity index is 1.48. The van der Waals surface area contributed by atoms with Crippen LogP contribution in [-0.2, 0) is 33.2 Å². The third kappa shape index (κ3) is 7.94. The van der Waals surface area contributed by atoms with Crippen LogP contribution in [0.3, 0.4) is 0 Å². The molecule has 1 amide bonds. The van der Waals surface area contributed by atoms with Crippen LogP contribution in [-0.4, -0.2) is 54.6 Å². The molecule has 0 bridgehead atoms. The Labute approximate surface area is 295 Å². The number of aryl methyl sites for hydroxylation is 1. The molecule has 0 saturated heterocycles. The molecule has 48 heavy (non-hydrogen) atoms. The number of benzene rings is 2. The van der Waals surface area contributed by atoms with E-state index in [9.17, 15) is 17.8 Å². The third-order valence-electron chi connectivity index (χ3n) is 10.3. The van der Waals surface area contributed by atoms with Crippen LogP contribution in [0.4, 0.5) is 5.69 Å². The molecule has 2 aromatic carbocycles. The van der Waals surface area contributed by atoms with E-state index in [1.54, 1.807) is 31.2 Å². The molecule has 5 rings (SSSR count). The van der Waals surface area contributed by atoms with E-state index in [2.05, 4.69) is 39.6 Å². The molecule has 3 unspecified atom stereocenters. The van der Waals surface area contributed by atoms with Gasteiger partial charge in [0.15, 0.2) is 0 Å². The molecule has 1 spiro atoms. The molecular weight excluding hydrogens is 666 g/mol. The molecule has 3 aliphatic rings. The van der Waals surface area contributed by atoms with E-state index in [1.807, 2.05) is 32.9 Å². The number of rotatable bonds is 12. The number of ether oxygens (including phenoxy) is 1. The number of hydrogen-bond acceptors (Lipinski definition) is 7. The fourth-order valence-electron chi connectivity index (χ4n) is 7.24. The van der Waals surface area contributed by atoms with Crippen LogP contribution < -0.4 is 19.1 Å². The zero-order valence-electron chi connectivity index (χ0n) is 28.6. The van der Waals surface area contributed by atoms with Gasteiger partial charge >= 0.3 is 0 Å². The van der Waals surface area contributed by atoms with Gasteiger partial charge in [-0.3, -0.25) is 4.79 Å². The predicted molar refractivity (Wildman–Crippen MR) is 197 cm³/mol. The average Bonchev–Trinajstić information content (AvgIpc) is 3.17. The van der Waals surface area contributed by atoms with Crippen molar-refractivity contribution in [2.75, 3.05) is 24.6 Å². The molecule has 0 radical (unpaired) electrons. The minimum Gasteiger partial charge on any atom is -0.598 e. The number of halogens is 1. The summed E-state index contributed by atoms with van der Waals surface area (Å²) in [6.07, 6.45) is 9.35. The fraction of sp³-hybridized carbons (Fsp3) is 0.541. The van der Waals surface area contributed by atoms with Crippen LogP contribution in [0.1, 0.15) is 87.7 Å². The van der Waals surface area contributed by atoms with Gasteiger partial charge in [0, 0.05) is 40.5 Å². The monoisotopic (exact) mass is 715 g/mol. The maximum Gasteiger partial charge on any atom is 0.264 e. The normalized spacial score (nSPS) is 24.2. The third-order valence-corrected chi connectivity index (χ3v) is 13.9. The van der Waals surface area contributed by atoms with E-state index >= 15 is 0 Å². The highest BCUT2D eigenvalue weighted by molar-refractivity contribution is 7.91. The van der Waals surface area contributed by atoms with Crippen molar-refractivity contribution in [1.29, 1.82) is 0 Å². The first-order valence-corrected chi connectivity index (χ1v) is 20.0. The van der Waals surface area contributed by atoms with Gasteiger partial charge in [0.05, 0.1) is 23.6 Å². The second kappa shape index (κ2) is 14.8. The van der Waals surface area contributed by atoms with Gasteiger partial charge in [-0.1, -0.05) is 29.8 Å². The Morgan fingerprint density at radius 1 is 1.23 bits per heavy atom. The summed E-state index contributed by atoms with van der Waals surface area (Å²) in [6, 6.07) is 11.2. The number of nitrogens with zero attached hydrogens (tertiary/aromatic N) is 1. The number of fused-ring (bicyclic) bond motifs is 3. The van der Waals surface area contributed by atoms with Crippen molar-refractivity contribution in [3.8, 4) is 5.75 Å². The summed E-state index contributed by atoms with van der Waals surface area (Å²) in [6.45, 7) is 17.1. The SMILES string of the molecule is C=CCCC(C)S(=O)(=O)NC(=O)c1ccc2c(c1)N(C[C@@H]1CC[C@H]1C(C=C)N[S+]([O-])C(C)(C)C)C[C@@]1(CCCc3cc(Cl)ccc31)CO2. The van der Waals surface area contributed by atoms with E-state index in [0.29, 0.717) is 38.3 Å². The van der Waals surface area contributed by atoms with Crippen LogP contribution >= 0.6 is 11.6 Å². The summed E-state index contributed by atoms with van der Waals surface area (Å²) in [5.41, 5.74) is 3.20. The van der Waals surface area contributed by atoms with Crippen LogP contribution in [0.2, 0.25) is 5.02 Å². The standard InChI is InChI=1S/C37H50ClN3O5S2/c1-7-9-11-25(3)48(44,45)40-35(42)27-14-18-34-33(21-27)41(22-28-13-16-30(28)32(8-2)39-47(43)36(4,5)6)23-37(24-46-34)19-10-12-26-20-29(38)15-17-31(26)37/h7-8,14-15,17-18,20-21,25,28,30,32,39H,1-2,9-13,16,19,22-24H2,3-6H3,(H,40,42)/t25?,28-,30+,32?,37-,47?/m0/s1. The molecule has 1 fully saturated rings. The number of allylic oxidation sites excluding steroid dienone is 1. The second-order valence-corrected chi connectivity index (χ2v) is 19.2. The lowest BCUT2D eigenvalue weighted by Gasteiger charge is -2.46. The summed E-state index contributed by atoms with van der Waals surface area (Å²) < 4.78 is 50.8. The van der Waals surface area contributed by atoms with Crippen molar-refractivity contribution < 1.29 is 22.5 Å². The molecule has 1 saturated carbocycles. The smallest absolute Gasteiger partial charge is 0.264 e. The number of nitrogens with one attached hydrogen (secondary N) is 2. The Morgan fingerprint density at radius 3 is 2.67 bits per heavy atom. The zero-order valence-corrected chi connectivity index (χ0v) is 31.0. The predicted octanol–water partition coefficient (Wildman–Crippen LogP) is 6.86. The number of carbonyl (C=O) groups excluding carboxylic acids is 1. The minimum absolute atomic E-state index is 0.108. The Hall–Kier alpha value is -2.50. The van der Waals surface area contributed by atoms with Crippen molar-refractivity contribution >= 4 is 44.6 Å². The maximum atomic E-state index is 13.4. The topological polar surface area (TPSA) is 111 Å². The summed E-state index contributed by atoms with van der Waals surface area (Å²) in [7, 11) is -3.88. The van der Waals surface area contributed by atoms with E-state index in [-0.39, 0.29) is 28.9 Å². The lowest BCUT2D eigenvalue weighted by molar-refractivity contribution is 0.0981. The highest BCUT2D eigenvalue weighted by Gasteiger charge is 2.45. The first-order chi connectivity index (χ1) is 22.7. The average molecular weight is 716 g/mol. The molecule has 2 aromatic rings. The van der Waals surface area contributed by atoms with Crippen LogP contribution in [0.5, 0.6) is 5.75 Å². The molecule has 1 heterocycles. The van der Waals surface area contributed by atoms with Gasteiger partial charge in [-0.15, -0.1) is 17.9 Å². The van der Waals surface area contributed by atoms with Crippen molar-refractivity contribution in [2.45, 2.75) is 94.1 Å². The van der Waals surface area contributed by atoms with Crippen molar-refractivity contribution in [3.05, 3.63) is 83.4 Å². The number of sulfonamides is 1. The molecular formula is C37H50ClN3O5S2. The fourth-order valence-corrected chi connectivity index (χ4v) is 9.33. The van der Waals surface area contributed by atoms with Crippen molar-refractivity contribution in [3.63, 3.8) is 0 Å². The number of hydrogen-bond donors (Lipinski definition) is 2. The number of amides is 1. The maximum absolute atomic E-state index is 13.4. The second-order valence-electron chi connectivity index (χ2n) is 14.7. The number of carbonyl (C=O) groups is 1. The molecule has 11 heteroatoms. The molecule has 262 valence electrons. The van der Waals surface area contributed by atoms with E-state index < -0.39 is 37.3 Å². The van der Waals surface area contributed by atoms with Gasteiger partial charge < -0.3 is 14.2 Å². The van der Waals surface area contributed by atoms with Gasteiger partial charge in [-0.25, -0.2) is 13.1 Å². The minimum atomic E-state index is -3.88. The molecule has 2 aliphatic carbocycles. The molecule has 2 N–H and O–H groups in total. The lowest BCUT2D eigenvalue weighted by atomic mass is 9.68. The summed E-state index contributed by atoms with van der Waals surface area (Å²) in [5.74, 6) is 0.512. The van der Waals surface area contributed by atoms with Gasteiger partial charge in [0.25, 0.3) is 5.91 Å². The first kappa shape index (κ1) is 36.8. The van der Waals surface area contributed by atoms with Gasteiger partial charge in [0.1, 0.15) is 10.5 Å². The molecule has 8 nitrogen and oxygen atoms in total. The van der Waals surface area contributed by atoms with Crippen molar-refractivity contribution in [1.82, 2.24) is 9.44 Å². The quantitative estimate of drug-likeness (QED) is 0.183. The Kier molecular flexibility index (Phi) is 11.3. The zero-order chi connectivity index (χ0) is 34.9. The Bertz CT molecular complexity index is 1630. The highest BCUT2D eigenvalue weighted by Crippen LogP contribution is 2.47. The van der Waals surface area contributed by atoms with E-state index in [1.165, 1.54) is 11.1 Å². The van der Waals surface area contributed by atoms with Crippen molar-refractivity contribution in [2.24, 2.45) is 11.8 Å². The number of anilines is 1. The van der Waals surface area contributed by atoms with Gasteiger partial charge in [-0.05, 0) is 126 Å². The van der Waals surface area contributed by atoms with Crippen LogP contribution in [0, 0.1) is 11.8 Å². The Morgan fingerprint density at radius 2 is 2.00 bits per heavy atom. The highest BCUT2D eigenvalue weighted by atomic mass is 35.5. The lowest BCUT2D eigenvalue weighted by Crippen LogP contribution is -2.53. The molecule has 0 aromatic heterocycles. The first-order valence-electron chi connectivity index (χ1n) is 17.0. The van der Waals surface area contributed by atoms with E-state index in [0.717, 1.165) is 42.8 Å². The molecule has 6 atom stereocenters. The van der Waals surface area contributed by atoms with E-state index in [4.69, 9.17) is 16.3 Å². The summed E-state index contributed by atoms with van der Waals surface area (Å²) in [5, 5.41) is -0.0211. The molecule has 1 aliphatic heterocycles. The van der Waals surface area contributed by atoms with Crippen LogP contribution in [0.25, 0.3) is 0 Å². The van der Waals surface area contributed by atoms with Crippen LogP contribution in [0.15, 0.2) is 61.7 Å². The van der Waals surface area contributed by atoms with Gasteiger partial charge in [-0.2, -0.15) is 0 Å². The largest absolute Gasteiger partial charge is 0.598 e.